The van der Waals surface area contributed by atoms with Crippen molar-refractivity contribution in [2.24, 2.45) is 0 Å². The summed E-state index contributed by atoms with van der Waals surface area (Å²) < 4.78 is 7.40. The van der Waals surface area contributed by atoms with Gasteiger partial charge >= 0.3 is 0 Å². The van der Waals surface area contributed by atoms with E-state index in [-0.39, 0.29) is 5.91 Å². The van der Waals surface area contributed by atoms with Crippen LogP contribution >= 0.6 is 0 Å². The topological polar surface area (TPSA) is 101 Å². The number of rotatable bonds is 8. The Morgan fingerprint density at radius 3 is 2.62 bits per heavy atom. The third-order valence-corrected chi connectivity index (χ3v) is 6.37. The molecule has 5 rings (SSSR count). The van der Waals surface area contributed by atoms with Gasteiger partial charge in [0.25, 0.3) is 5.91 Å². The van der Waals surface area contributed by atoms with Crippen LogP contribution in [0.1, 0.15) is 48.7 Å². The SMILES string of the molecule is CCOCCn1nc(C(=O)N2CCCC2)c2nc(N3CCCC3)nc(Nc3cc(C)ccn3)c21. The minimum absolute atomic E-state index is 0.0663. The predicted octanol–water partition coefficient (Wildman–Crippen LogP) is 3.15. The number of hydrogen-bond donors (Lipinski definition) is 1. The lowest BCUT2D eigenvalue weighted by Crippen LogP contribution is -2.28. The van der Waals surface area contributed by atoms with Crippen LogP contribution in [0.15, 0.2) is 18.3 Å². The molecule has 0 spiro atoms. The summed E-state index contributed by atoms with van der Waals surface area (Å²) in [5.74, 6) is 1.86. The summed E-state index contributed by atoms with van der Waals surface area (Å²) in [6.07, 6.45) is 6.03. The molecule has 2 aliphatic heterocycles. The molecule has 180 valence electrons. The summed E-state index contributed by atoms with van der Waals surface area (Å²) in [5.41, 5.74) is 2.77. The van der Waals surface area contributed by atoms with Crippen LogP contribution in [-0.2, 0) is 11.3 Å². The summed E-state index contributed by atoms with van der Waals surface area (Å²) in [5, 5.41) is 8.15. The molecule has 0 unspecified atom stereocenters. The number of amides is 1. The quantitative estimate of drug-likeness (QED) is 0.508. The Bertz CT molecular complexity index is 1170. The van der Waals surface area contributed by atoms with Crippen LogP contribution in [0.2, 0.25) is 0 Å². The van der Waals surface area contributed by atoms with Crippen molar-refractivity contribution in [2.45, 2.75) is 46.1 Å². The zero-order valence-corrected chi connectivity index (χ0v) is 20.0. The highest BCUT2D eigenvalue weighted by molar-refractivity contribution is 6.06. The van der Waals surface area contributed by atoms with E-state index in [2.05, 4.69) is 15.2 Å². The number of likely N-dealkylation sites (tertiary alicyclic amines) is 1. The van der Waals surface area contributed by atoms with E-state index in [0.29, 0.717) is 54.1 Å². The number of fused-ring (bicyclic) bond motifs is 1. The Hall–Kier alpha value is -3.27. The first-order valence-electron chi connectivity index (χ1n) is 12.2. The normalized spacial score (nSPS) is 16.1. The van der Waals surface area contributed by atoms with E-state index >= 15 is 0 Å². The molecule has 0 radical (unpaired) electrons. The summed E-state index contributed by atoms with van der Waals surface area (Å²) >= 11 is 0. The van der Waals surface area contributed by atoms with Gasteiger partial charge in [-0.25, -0.2) is 9.97 Å². The standard InChI is InChI=1S/C24H32N8O2/c1-3-34-15-14-32-21-19(20(29-32)23(33)30-10-4-5-11-30)27-24(31-12-6-7-13-31)28-22(21)26-18-16-17(2)8-9-25-18/h8-9,16H,3-7,10-15H2,1-2H3,(H,25,26,27,28). The van der Waals surface area contributed by atoms with Gasteiger partial charge in [0.1, 0.15) is 16.9 Å². The minimum atomic E-state index is -0.0663. The van der Waals surface area contributed by atoms with Crippen LogP contribution in [-0.4, -0.2) is 74.9 Å². The highest BCUT2D eigenvalue weighted by Crippen LogP contribution is 2.30. The number of nitrogens with zero attached hydrogens (tertiary/aromatic N) is 7. The predicted molar refractivity (Wildman–Crippen MR) is 131 cm³/mol. The Morgan fingerprint density at radius 1 is 1.12 bits per heavy atom. The van der Waals surface area contributed by atoms with Gasteiger partial charge < -0.3 is 19.9 Å². The second-order valence-corrected chi connectivity index (χ2v) is 8.87. The van der Waals surface area contributed by atoms with Gasteiger partial charge in [0.15, 0.2) is 11.5 Å². The molecule has 1 N–H and O–H groups in total. The molecule has 34 heavy (non-hydrogen) atoms. The lowest BCUT2D eigenvalue weighted by molar-refractivity contribution is 0.0786. The van der Waals surface area contributed by atoms with Crippen molar-refractivity contribution in [1.82, 2.24) is 29.6 Å². The van der Waals surface area contributed by atoms with Gasteiger partial charge in [-0.05, 0) is 57.2 Å². The smallest absolute Gasteiger partial charge is 0.276 e. The fraction of sp³-hybridized carbons (Fsp3) is 0.542. The Morgan fingerprint density at radius 2 is 1.88 bits per heavy atom. The van der Waals surface area contributed by atoms with Crippen LogP contribution in [0.3, 0.4) is 0 Å². The van der Waals surface area contributed by atoms with Crippen LogP contribution in [0.4, 0.5) is 17.6 Å². The van der Waals surface area contributed by atoms with Crippen LogP contribution in [0.25, 0.3) is 11.0 Å². The highest BCUT2D eigenvalue weighted by Gasteiger charge is 2.29. The molecule has 0 bridgehead atoms. The fourth-order valence-corrected chi connectivity index (χ4v) is 4.61. The van der Waals surface area contributed by atoms with Crippen molar-refractivity contribution in [3.8, 4) is 0 Å². The van der Waals surface area contributed by atoms with Crippen molar-refractivity contribution in [1.29, 1.82) is 0 Å². The van der Waals surface area contributed by atoms with Gasteiger partial charge in [0, 0.05) is 39.0 Å². The maximum absolute atomic E-state index is 13.5. The third-order valence-electron chi connectivity index (χ3n) is 6.37. The van der Waals surface area contributed by atoms with E-state index in [0.717, 1.165) is 57.4 Å². The zero-order valence-electron chi connectivity index (χ0n) is 20.0. The van der Waals surface area contributed by atoms with Gasteiger partial charge in [0.2, 0.25) is 5.95 Å². The second kappa shape index (κ2) is 9.92. The number of hydrogen-bond acceptors (Lipinski definition) is 8. The molecule has 0 atom stereocenters. The van der Waals surface area contributed by atoms with Gasteiger partial charge in [-0.15, -0.1) is 0 Å². The number of pyridine rings is 1. The average molecular weight is 465 g/mol. The monoisotopic (exact) mass is 464 g/mol. The summed E-state index contributed by atoms with van der Waals surface area (Å²) in [6, 6.07) is 3.93. The van der Waals surface area contributed by atoms with E-state index < -0.39 is 0 Å². The second-order valence-electron chi connectivity index (χ2n) is 8.87. The van der Waals surface area contributed by atoms with Crippen LogP contribution < -0.4 is 10.2 Å². The molecule has 3 aromatic heterocycles. The van der Waals surface area contributed by atoms with Crippen molar-refractivity contribution in [3.63, 3.8) is 0 Å². The van der Waals surface area contributed by atoms with Crippen LogP contribution in [0.5, 0.6) is 0 Å². The largest absolute Gasteiger partial charge is 0.380 e. The van der Waals surface area contributed by atoms with E-state index in [1.807, 2.05) is 30.9 Å². The molecule has 10 heteroatoms. The van der Waals surface area contributed by atoms with Crippen molar-refractivity contribution in [3.05, 3.63) is 29.6 Å². The van der Waals surface area contributed by atoms with Crippen molar-refractivity contribution >= 4 is 34.5 Å². The number of ether oxygens (including phenoxy) is 1. The van der Waals surface area contributed by atoms with Gasteiger partial charge in [-0.1, -0.05) is 0 Å². The third kappa shape index (κ3) is 4.54. The first-order valence-corrected chi connectivity index (χ1v) is 12.2. The van der Waals surface area contributed by atoms with Crippen molar-refractivity contribution in [2.75, 3.05) is 49.6 Å². The Balaban J connectivity index is 1.65. The lowest BCUT2D eigenvalue weighted by atomic mass is 10.2. The molecule has 2 saturated heterocycles. The molecule has 0 saturated carbocycles. The zero-order chi connectivity index (χ0) is 23.5. The molecule has 2 fully saturated rings. The minimum Gasteiger partial charge on any atom is -0.380 e. The number of aromatic nitrogens is 5. The van der Waals surface area contributed by atoms with E-state index in [1.54, 1.807) is 10.9 Å². The lowest BCUT2D eigenvalue weighted by Gasteiger charge is -2.18. The molecule has 3 aromatic rings. The maximum atomic E-state index is 13.5. The molecular formula is C24H32N8O2. The van der Waals surface area contributed by atoms with Gasteiger partial charge in [-0.2, -0.15) is 10.1 Å². The van der Waals surface area contributed by atoms with E-state index in [9.17, 15) is 4.79 Å². The summed E-state index contributed by atoms with van der Waals surface area (Å²) in [7, 11) is 0. The number of nitrogens with one attached hydrogen (secondary N) is 1. The highest BCUT2D eigenvalue weighted by atomic mass is 16.5. The number of aryl methyl sites for hydroxylation is 1. The van der Waals surface area contributed by atoms with Crippen molar-refractivity contribution < 1.29 is 9.53 Å². The maximum Gasteiger partial charge on any atom is 0.276 e. The van der Waals surface area contributed by atoms with Gasteiger partial charge in [0.05, 0.1) is 13.2 Å². The summed E-state index contributed by atoms with van der Waals surface area (Å²) in [6.45, 7) is 8.92. The number of anilines is 3. The molecule has 2 aliphatic rings. The molecular weight excluding hydrogens is 432 g/mol. The van der Waals surface area contributed by atoms with E-state index in [4.69, 9.17) is 19.8 Å². The molecule has 1 amide bonds. The molecule has 0 aliphatic carbocycles. The fourth-order valence-electron chi connectivity index (χ4n) is 4.61. The molecule has 0 aromatic carbocycles. The average Bonchev–Trinajstić information content (AvgIpc) is 3.60. The van der Waals surface area contributed by atoms with E-state index in [1.165, 1.54) is 0 Å². The number of carbonyl (C=O) groups is 1. The molecule has 10 nitrogen and oxygen atoms in total. The Kier molecular flexibility index (Phi) is 6.57. The van der Waals surface area contributed by atoms with Gasteiger partial charge in [-0.3, -0.25) is 9.48 Å². The number of carbonyl (C=O) groups excluding carboxylic acids is 1. The first kappa shape index (κ1) is 22.5. The first-order chi connectivity index (χ1) is 16.6. The Labute approximate surface area is 199 Å². The summed E-state index contributed by atoms with van der Waals surface area (Å²) in [4.78, 5) is 31.8. The van der Waals surface area contributed by atoms with Crippen LogP contribution in [0, 0.1) is 6.92 Å². The molecule has 5 heterocycles.